The van der Waals surface area contributed by atoms with Gasteiger partial charge in [-0.1, -0.05) is 12.1 Å². The molecule has 1 amide bonds. The van der Waals surface area contributed by atoms with E-state index in [1.807, 2.05) is 6.07 Å². The van der Waals surface area contributed by atoms with Gasteiger partial charge in [0, 0.05) is 25.4 Å². The highest BCUT2D eigenvalue weighted by atomic mass is 16.6. The zero-order chi connectivity index (χ0) is 15.9. The summed E-state index contributed by atoms with van der Waals surface area (Å²) in [5.41, 5.74) is -0.0232. The van der Waals surface area contributed by atoms with Gasteiger partial charge >= 0.3 is 0 Å². The van der Waals surface area contributed by atoms with Gasteiger partial charge in [-0.2, -0.15) is 5.26 Å². The second kappa shape index (κ2) is 7.19. The van der Waals surface area contributed by atoms with E-state index >= 15 is 0 Å². The van der Waals surface area contributed by atoms with Crippen LogP contribution in [0.5, 0.6) is 0 Å². The van der Waals surface area contributed by atoms with Crippen LogP contribution in [0.3, 0.4) is 0 Å². The molecule has 1 heterocycles. The molecule has 114 valence electrons. The van der Waals surface area contributed by atoms with Crippen LogP contribution in [0.25, 0.3) is 0 Å². The fourth-order valence-corrected chi connectivity index (χ4v) is 1.98. The fourth-order valence-electron chi connectivity index (χ4n) is 1.98. The Balaban J connectivity index is 2.15. The van der Waals surface area contributed by atoms with E-state index in [1.165, 1.54) is 29.3 Å². The monoisotopic (exact) mass is 302 g/mol. The van der Waals surface area contributed by atoms with Gasteiger partial charge in [-0.05, 0) is 6.07 Å². The van der Waals surface area contributed by atoms with Gasteiger partial charge in [0.2, 0.25) is 0 Å². The van der Waals surface area contributed by atoms with Crippen LogP contribution in [0.2, 0.25) is 0 Å². The Hall–Kier alpha value is -2.92. The van der Waals surface area contributed by atoms with Crippen LogP contribution in [0, 0.1) is 21.4 Å². The summed E-state index contributed by atoms with van der Waals surface area (Å²) < 4.78 is 5.15. The molecule has 1 aliphatic rings. The first-order valence-electron chi connectivity index (χ1n) is 6.60. The molecule has 22 heavy (non-hydrogen) atoms. The number of hydrogen-bond donors (Lipinski definition) is 1. The fraction of sp³-hybridized carbons (Fsp3) is 0.286. The minimum atomic E-state index is -0.536. The number of para-hydroxylation sites is 2. The summed E-state index contributed by atoms with van der Waals surface area (Å²) >= 11 is 0. The molecule has 0 aromatic heterocycles. The number of amides is 1. The SMILES string of the molecule is N#C/C(=C/Nc1ccccc1[N+](=O)[O-])C(=O)N1CCOCC1. The third-order valence-corrected chi connectivity index (χ3v) is 3.12. The van der Waals surface area contributed by atoms with Crippen molar-refractivity contribution in [2.75, 3.05) is 31.6 Å². The largest absolute Gasteiger partial charge is 0.378 e. The second-order valence-electron chi connectivity index (χ2n) is 4.49. The number of morpholine rings is 1. The number of nitro benzene ring substituents is 1. The molecule has 2 rings (SSSR count). The Morgan fingerprint density at radius 2 is 2.09 bits per heavy atom. The zero-order valence-electron chi connectivity index (χ0n) is 11.7. The maximum atomic E-state index is 12.2. The van der Waals surface area contributed by atoms with Crippen LogP contribution >= 0.6 is 0 Å². The van der Waals surface area contributed by atoms with E-state index in [-0.39, 0.29) is 16.9 Å². The summed E-state index contributed by atoms with van der Waals surface area (Å²) in [6.45, 7) is 1.71. The molecular formula is C14H14N4O4. The molecule has 8 heteroatoms. The van der Waals surface area contributed by atoms with E-state index in [0.717, 1.165) is 0 Å². The number of benzene rings is 1. The Bertz CT molecular complexity index is 644. The molecule has 1 N–H and O–H groups in total. The minimum Gasteiger partial charge on any atom is -0.378 e. The van der Waals surface area contributed by atoms with Gasteiger partial charge in [0.25, 0.3) is 11.6 Å². The smallest absolute Gasteiger partial charge is 0.292 e. The van der Waals surface area contributed by atoms with Crippen molar-refractivity contribution >= 4 is 17.3 Å². The lowest BCUT2D eigenvalue weighted by molar-refractivity contribution is -0.383. The first-order valence-corrected chi connectivity index (χ1v) is 6.60. The standard InChI is InChI=1S/C14H14N4O4/c15-9-11(14(19)17-5-7-22-8-6-17)10-16-12-3-1-2-4-13(12)18(20)21/h1-4,10,16H,5-8H2/b11-10-. The lowest BCUT2D eigenvalue weighted by Crippen LogP contribution is -2.41. The number of hydrogen-bond acceptors (Lipinski definition) is 6. The van der Waals surface area contributed by atoms with Crippen molar-refractivity contribution in [1.29, 1.82) is 5.26 Å². The maximum Gasteiger partial charge on any atom is 0.292 e. The summed E-state index contributed by atoms with van der Waals surface area (Å²) in [5.74, 6) is -0.420. The molecule has 0 atom stereocenters. The maximum absolute atomic E-state index is 12.2. The van der Waals surface area contributed by atoms with Crippen molar-refractivity contribution in [3.05, 3.63) is 46.2 Å². The number of ether oxygens (including phenoxy) is 1. The first kappa shape index (κ1) is 15.5. The van der Waals surface area contributed by atoms with Crippen molar-refractivity contribution in [3.63, 3.8) is 0 Å². The lowest BCUT2D eigenvalue weighted by atomic mass is 10.2. The van der Waals surface area contributed by atoms with E-state index in [0.29, 0.717) is 26.3 Å². The molecule has 1 saturated heterocycles. The summed E-state index contributed by atoms with van der Waals surface area (Å²) in [6.07, 6.45) is 1.19. The molecule has 0 aliphatic carbocycles. The predicted molar refractivity (Wildman–Crippen MR) is 77.8 cm³/mol. The molecule has 1 aromatic rings. The molecule has 1 aliphatic heterocycles. The normalized spacial score (nSPS) is 15.0. The number of anilines is 1. The number of rotatable bonds is 4. The van der Waals surface area contributed by atoms with Gasteiger partial charge in [0.15, 0.2) is 0 Å². The summed E-state index contributed by atoms with van der Waals surface area (Å²) in [5, 5.41) is 22.7. The minimum absolute atomic E-state index is 0.111. The van der Waals surface area contributed by atoms with E-state index in [4.69, 9.17) is 10.00 Å². The number of carbonyl (C=O) groups excluding carboxylic acids is 1. The molecule has 8 nitrogen and oxygen atoms in total. The number of nitrogens with zero attached hydrogens (tertiary/aromatic N) is 3. The van der Waals surface area contributed by atoms with Gasteiger partial charge in [-0.3, -0.25) is 14.9 Å². The number of nitrogens with one attached hydrogen (secondary N) is 1. The third kappa shape index (κ3) is 3.59. The van der Waals surface area contributed by atoms with Gasteiger partial charge in [-0.15, -0.1) is 0 Å². The highest BCUT2D eigenvalue weighted by Crippen LogP contribution is 2.23. The second-order valence-corrected chi connectivity index (χ2v) is 4.49. The Kier molecular flexibility index (Phi) is 5.06. The molecule has 1 aromatic carbocycles. The molecule has 0 spiro atoms. The Morgan fingerprint density at radius 1 is 1.41 bits per heavy atom. The third-order valence-electron chi connectivity index (χ3n) is 3.12. The molecule has 0 unspecified atom stereocenters. The molecule has 0 saturated carbocycles. The summed E-state index contributed by atoms with van der Waals surface area (Å²) in [7, 11) is 0. The van der Waals surface area contributed by atoms with E-state index in [1.54, 1.807) is 6.07 Å². The van der Waals surface area contributed by atoms with Crippen LogP contribution in [0.15, 0.2) is 36.0 Å². The molecular weight excluding hydrogens is 288 g/mol. The molecule has 0 radical (unpaired) electrons. The average Bonchev–Trinajstić information content (AvgIpc) is 2.56. The molecule has 0 bridgehead atoms. The Morgan fingerprint density at radius 3 is 2.73 bits per heavy atom. The first-order chi connectivity index (χ1) is 10.6. The van der Waals surface area contributed by atoms with Crippen LogP contribution in [-0.4, -0.2) is 42.0 Å². The summed E-state index contributed by atoms with van der Waals surface area (Å²) in [4.78, 5) is 24.1. The van der Waals surface area contributed by atoms with Crippen molar-refractivity contribution in [2.24, 2.45) is 0 Å². The van der Waals surface area contributed by atoms with Gasteiger partial charge in [-0.25, -0.2) is 0 Å². The van der Waals surface area contributed by atoms with E-state index < -0.39 is 10.8 Å². The van der Waals surface area contributed by atoms with Gasteiger partial charge < -0.3 is 15.0 Å². The van der Waals surface area contributed by atoms with Crippen molar-refractivity contribution in [3.8, 4) is 6.07 Å². The highest BCUT2D eigenvalue weighted by molar-refractivity contribution is 5.97. The molecule has 1 fully saturated rings. The lowest BCUT2D eigenvalue weighted by Gasteiger charge is -2.26. The van der Waals surface area contributed by atoms with Crippen LogP contribution < -0.4 is 5.32 Å². The number of nitriles is 1. The Labute approximate surface area is 126 Å². The number of nitro groups is 1. The highest BCUT2D eigenvalue weighted by Gasteiger charge is 2.21. The van der Waals surface area contributed by atoms with Gasteiger partial charge in [0.05, 0.1) is 18.1 Å². The van der Waals surface area contributed by atoms with Crippen LogP contribution in [0.1, 0.15) is 0 Å². The predicted octanol–water partition coefficient (Wildman–Crippen LogP) is 1.27. The van der Waals surface area contributed by atoms with E-state index in [2.05, 4.69) is 5.32 Å². The van der Waals surface area contributed by atoms with Gasteiger partial charge in [0.1, 0.15) is 17.3 Å². The average molecular weight is 302 g/mol. The van der Waals surface area contributed by atoms with Crippen LogP contribution in [-0.2, 0) is 9.53 Å². The van der Waals surface area contributed by atoms with Crippen molar-refractivity contribution < 1.29 is 14.5 Å². The zero-order valence-corrected chi connectivity index (χ0v) is 11.7. The number of carbonyl (C=O) groups is 1. The van der Waals surface area contributed by atoms with Crippen molar-refractivity contribution in [1.82, 2.24) is 4.90 Å². The summed E-state index contributed by atoms with van der Waals surface area (Å²) in [6, 6.07) is 7.82. The topological polar surface area (TPSA) is 108 Å². The van der Waals surface area contributed by atoms with Crippen molar-refractivity contribution in [2.45, 2.75) is 0 Å². The van der Waals surface area contributed by atoms with Crippen LogP contribution in [0.4, 0.5) is 11.4 Å². The van der Waals surface area contributed by atoms with E-state index in [9.17, 15) is 14.9 Å². The quantitative estimate of drug-likeness (QED) is 0.388.